The fourth-order valence-electron chi connectivity index (χ4n) is 4.02. The normalized spacial score (nSPS) is 17.9. The van der Waals surface area contributed by atoms with Gasteiger partial charge in [0.1, 0.15) is 5.82 Å². The molecule has 2 heterocycles. The third kappa shape index (κ3) is 2.59. The van der Waals surface area contributed by atoms with E-state index in [4.69, 9.17) is 5.73 Å². The van der Waals surface area contributed by atoms with Crippen LogP contribution in [0.2, 0.25) is 0 Å². The number of nitrogen functional groups attached to an aromatic ring is 1. The van der Waals surface area contributed by atoms with E-state index in [1.165, 1.54) is 28.9 Å². The van der Waals surface area contributed by atoms with Crippen molar-refractivity contribution in [2.45, 2.75) is 26.4 Å². The molecule has 0 bridgehead atoms. The second-order valence-electron chi connectivity index (χ2n) is 7.20. The SMILES string of the molecule is Cc1cc(C)c2c(c1)NC(=O)[C@@]2(O)c1c(C)nn(-c2ccc([N+](=O)[O-])cc2)c1N. The van der Waals surface area contributed by atoms with Crippen LogP contribution < -0.4 is 11.1 Å². The number of carbonyl (C=O) groups is 1. The van der Waals surface area contributed by atoms with Gasteiger partial charge >= 0.3 is 0 Å². The predicted octanol–water partition coefficient (Wildman–Crippen LogP) is 2.48. The number of aliphatic hydroxyl groups is 1. The van der Waals surface area contributed by atoms with Crippen molar-refractivity contribution in [2.24, 2.45) is 0 Å². The molecule has 0 aliphatic carbocycles. The van der Waals surface area contributed by atoms with Crippen molar-refractivity contribution in [1.29, 1.82) is 0 Å². The van der Waals surface area contributed by atoms with Crippen molar-refractivity contribution in [1.82, 2.24) is 9.78 Å². The minimum Gasteiger partial charge on any atom is -0.383 e. The van der Waals surface area contributed by atoms with E-state index in [9.17, 15) is 20.0 Å². The van der Waals surface area contributed by atoms with Crippen LogP contribution in [0.5, 0.6) is 0 Å². The summed E-state index contributed by atoms with van der Waals surface area (Å²) in [6, 6.07) is 9.37. The first kappa shape index (κ1) is 18.6. The lowest BCUT2D eigenvalue weighted by Gasteiger charge is -2.23. The Kier molecular flexibility index (Phi) is 3.95. The van der Waals surface area contributed by atoms with Gasteiger partial charge in [0, 0.05) is 23.4 Å². The van der Waals surface area contributed by atoms with Crippen LogP contribution in [0.25, 0.3) is 5.69 Å². The highest BCUT2D eigenvalue weighted by Gasteiger charge is 2.51. The van der Waals surface area contributed by atoms with Gasteiger partial charge in [-0.25, -0.2) is 4.68 Å². The Morgan fingerprint density at radius 1 is 1.17 bits per heavy atom. The van der Waals surface area contributed by atoms with Gasteiger partial charge in [0.25, 0.3) is 11.6 Å². The lowest BCUT2D eigenvalue weighted by atomic mass is 9.84. The van der Waals surface area contributed by atoms with Gasteiger partial charge < -0.3 is 16.2 Å². The predicted molar refractivity (Wildman–Crippen MR) is 107 cm³/mol. The Morgan fingerprint density at radius 2 is 1.83 bits per heavy atom. The molecule has 1 atom stereocenters. The zero-order chi connectivity index (χ0) is 21.1. The van der Waals surface area contributed by atoms with Gasteiger partial charge in [0.15, 0.2) is 0 Å². The van der Waals surface area contributed by atoms with Crippen molar-refractivity contribution >= 4 is 23.1 Å². The number of nitrogens with two attached hydrogens (primary N) is 1. The molecule has 4 rings (SSSR count). The summed E-state index contributed by atoms with van der Waals surface area (Å²) in [4.78, 5) is 23.2. The zero-order valence-corrected chi connectivity index (χ0v) is 16.1. The first-order chi connectivity index (χ1) is 13.6. The molecule has 0 spiro atoms. The summed E-state index contributed by atoms with van der Waals surface area (Å²) in [7, 11) is 0. The van der Waals surface area contributed by atoms with Gasteiger partial charge in [-0.05, 0) is 50.1 Å². The molecule has 1 aliphatic heterocycles. The molecule has 9 heteroatoms. The van der Waals surface area contributed by atoms with E-state index in [1.807, 2.05) is 19.9 Å². The topological polar surface area (TPSA) is 136 Å². The molecule has 2 aromatic carbocycles. The van der Waals surface area contributed by atoms with Gasteiger partial charge in [0.2, 0.25) is 5.60 Å². The van der Waals surface area contributed by atoms with Crippen LogP contribution in [0.15, 0.2) is 36.4 Å². The van der Waals surface area contributed by atoms with Crippen LogP contribution >= 0.6 is 0 Å². The number of aromatic nitrogens is 2. The number of fused-ring (bicyclic) bond motifs is 1. The molecule has 148 valence electrons. The third-order valence-electron chi connectivity index (χ3n) is 5.18. The van der Waals surface area contributed by atoms with Crippen molar-refractivity contribution < 1.29 is 14.8 Å². The highest BCUT2D eigenvalue weighted by Crippen LogP contribution is 2.46. The molecule has 0 saturated carbocycles. The van der Waals surface area contributed by atoms with Crippen molar-refractivity contribution in [2.75, 3.05) is 11.1 Å². The van der Waals surface area contributed by atoms with E-state index in [1.54, 1.807) is 13.0 Å². The Hall–Kier alpha value is -3.72. The Morgan fingerprint density at radius 3 is 2.45 bits per heavy atom. The second kappa shape index (κ2) is 6.14. The number of nitro groups is 1. The quantitative estimate of drug-likeness (QED) is 0.462. The number of nitrogens with zero attached hydrogens (tertiary/aromatic N) is 3. The molecule has 0 radical (unpaired) electrons. The molecular formula is C20H19N5O4. The van der Waals surface area contributed by atoms with E-state index in [0.29, 0.717) is 22.6 Å². The van der Waals surface area contributed by atoms with E-state index in [-0.39, 0.29) is 17.1 Å². The van der Waals surface area contributed by atoms with Crippen LogP contribution in [0.3, 0.4) is 0 Å². The molecule has 1 aliphatic rings. The molecule has 0 unspecified atom stereocenters. The number of hydrogen-bond acceptors (Lipinski definition) is 6. The number of hydrogen-bond donors (Lipinski definition) is 3. The first-order valence-corrected chi connectivity index (χ1v) is 8.90. The number of nitro benzene ring substituents is 1. The number of benzene rings is 2. The largest absolute Gasteiger partial charge is 0.383 e. The molecule has 0 fully saturated rings. The number of aryl methyl sites for hydroxylation is 3. The standard InChI is InChI=1S/C20H19N5O4/c1-10-8-11(2)16-15(9-10)22-19(26)20(16,27)17-12(3)23-24(18(17)21)13-4-6-14(7-5-13)25(28)29/h4-9,27H,21H2,1-3H3,(H,22,26)/t20-/m0/s1. The zero-order valence-electron chi connectivity index (χ0n) is 16.1. The van der Waals surface area contributed by atoms with E-state index in [0.717, 1.165) is 11.1 Å². The highest BCUT2D eigenvalue weighted by molar-refractivity contribution is 6.08. The molecule has 1 amide bonds. The maximum atomic E-state index is 12.9. The van der Waals surface area contributed by atoms with Crippen molar-refractivity contribution in [3.05, 3.63) is 74.5 Å². The average Bonchev–Trinajstić information content (AvgIpc) is 3.08. The van der Waals surface area contributed by atoms with Gasteiger partial charge in [-0.2, -0.15) is 5.10 Å². The van der Waals surface area contributed by atoms with E-state index < -0.39 is 16.4 Å². The monoisotopic (exact) mass is 393 g/mol. The smallest absolute Gasteiger partial charge is 0.269 e. The van der Waals surface area contributed by atoms with E-state index in [2.05, 4.69) is 10.4 Å². The lowest BCUT2D eigenvalue weighted by Crippen LogP contribution is -2.37. The van der Waals surface area contributed by atoms with E-state index >= 15 is 0 Å². The Labute approximate surface area is 165 Å². The maximum absolute atomic E-state index is 12.9. The van der Waals surface area contributed by atoms with Gasteiger partial charge in [0.05, 0.1) is 21.9 Å². The Bertz CT molecular complexity index is 1180. The third-order valence-corrected chi connectivity index (χ3v) is 5.18. The Balaban J connectivity index is 1.90. The summed E-state index contributed by atoms with van der Waals surface area (Å²) >= 11 is 0. The first-order valence-electron chi connectivity index (χ1n) is 8.90. The molecule has 4 N–H and O–H groups in total. The van der Waals surface area contributed by atoms with Gasteiger partial charge in [-0.3, -0.25) is 14.9 Å². The summed E-state index contributed by atoms with van der Waals surface area (Å²) in [6.07, 6.45) is 0. The van der Waals surface area contributed by atoms with Crippen LogP contribution in [0.4, 0.5) is 17.2 Å². The molecule has 0 saturated heterocycles. The molecule has 1 aromatic heterocycles. The number of nitrogens with one attached hydrogen (secondary N) is 1. The number of anilines is 2. The lowest BCUT2D eigenvalue weighted by molar-refractivity contribution is -0.384. The van der Waals surface area contributed by atoms with Crippen LogP contribution in [-0.4, -0.2) is 25.7 Å². The van der Waals surface area contributed by atoms with Crippen molar-refractivity contribution in [3.8, 4) is 5.69 Å². The fourth-order valence-corrected chi connectivity index (χ4v) is 4.02. The number of rotatable bonds is 3. The van der Waals surface area contributed by atoms with Crippen LogP contribution in [-0.2, 0) is 10.4 Å². The number of carbonyl (C=O) groups excluding carboxylic acids is 1. The molecule has 3 aromatic rings. The minimum atomic E-state index is -1.99. The molecule has 9 nitrogen and oxygen atoms in total. The van der Waals surface area contributed by atoms with Gasteiger partial charge in [-0.1, -0.05) is 6.07 Å². The molecule has 29 heavy (non-hydrogen) atoms. The summed E-state index contributed by atoms with van der Waals surface area (Å²) < 4.78 is 1.36. The fraction of sp³-hybridized carbons (Fsp3) is 0.200. The summed E-state index contributed by atoms with van der Waals surface area (Å²) in [5, 5.41) is 29.6. The van der Waals surface area contributed by atoms with Crippen molar-refractivity contribution in [3.63, 3.8) is 0 Å². The van der Waals surface area contributed by atoms with Crippen LogP contribution in [0.1, 0.15) is 27.9 Å². The average molecular weight is 393 g/mol. The number of non-ortho nitro benzene ring substituents is 1. The summed E-state index contributed by atoms with van der Waals surface area (Å²) in [5.74, 6) is -0.513. The molecular weight excluding hydrogens is 374 g/mol. The maximum Gasteiger partial charge on any atom is 0.269 e. The second-order valence-corrected chi connectivity index (χ2v) is 7.20. The highest BCUT2D eigenvalue weighted by atomic mass is 16.6. The van der Waals surface area contributed by atoms with Crippen LogP contribution in [0, 0.1) is 30.9 Å². The van der Waals surface area contributed by atoms with Gasteiger partial charge in [-0.15, -0.1) is 0 Å². The summed E-state index contributed by atoms with van der Waals surface area (Å²) in [5.41, 5.74) is 8.02. The minimum absolute atomic E-state index is 0.0647. The number of amides is 1. The summed E-state index contributed by atoms with van der Waals surface area (Å²) in [6.45, 7) is 5.38.